The predicted octanol–water partition coefficient (Wildman–Crippen LogP) is 6.13. The highest BCUT2D eigenvalue weighted by molar-refractivity contribution is 7.93. The fraction of sp³-hybridized carbons (Fsp3) is 0.250. The minimum atomic E-state index is -2.71. The van der Waals surface area contributed by atoms with Gasteiger partial charge in [0.1, 0.15) is 17.3 Å². The second-order valence-electron chi connectivity index (χ2n) is 9.74. The van der Waals surface area contributed by atoms with E-state index < -0.39 is 33.8 Å². The molecule has 0 saturated carbocycles. The Morgan fingerprint density at radius 2 is 1.98 bits per heavy atom. The summed E-state index contributed by atoms with van der Waals surface area (Å²) in [4.78, 5) is 28.1. The zero-order valence-electron chi connectivity index (χ0n) is 21.9. The number of halogens is 1. The van der Waals surface area contributed by atoms with Crippen LogP contribution < -0.4 is 15.4 Å². The van der Waals surface area contributed by atoms with Crippen molar-refractivity contribution in [2.24, 2.45) is 10.3 Å². The third-order valence-corrected chi connectivity index (χ3v) is 10.1. The molecule has 2 aromatic carbocycles. The van der Waals surface area contributed by atoms with Crippen LogP contribution in [-0.2, 0) is 14.5 Å². The fourth-order valence-corrected chi connectivity index (χ4v) is 8.13. The van der Waals surface area contributed by atoms with Crippen molar-refractivity contribution < 1.29 is 33.1 Å². The molecule has 1 fully saturated rings. The Bertz CT molecular complexity index is 1730. The number of benzene rings is 2. The Kier molecular flexibility index (Phi) is 8.20. The van der Waals surface area contributed by atoms with E-state index in [4.69, 9.17) is 9.84 Å². The molecule has 3 heterocycles. The van der Waals surface area contributed by atoms with Crippen LogP contribution in [0.4, 0.5) is 20.6 Å². The summed E-state index contributed by atoms with van der Waals surface area (Å²) in [6.07, 6.45) is 0.671. The van der Waals surface area contributed by atoms with Gasteiger partial charge in [-0.25, -0.2) is 13.4 Å². The molecule has 13 heteroatoms. The average molecular weight is 599 g/mol. The van der Waals surface area contributed by atoms with Crippen molar-refractivity contribution in [2.75, 3.05) is 22.1 Å². The first-order valence-corrected chi connectivity index (χ1v) is 15.4. The Hall–Kier alpha value is -4.07. The van der Waals surface area contributed by atoms with Gasteiger partial charge in [0, 0.05) is 45.6 Å². The highest BCUT2D eigenvalue weighted by Crippen LogP contribution is 2.38. The first-order chi connectivity index (χ1) is 19.6. The maximum atomic E-state index is 13.9. The number of aryl methyl sites for hydroxylation is 1. The van der Waals surface area contributed by atoms with Crippen molar-refractivity contribution in [3.05, 3.63) is 77.1 Å². The van der Waals surface area contributed by atoms with Gasteiger partial charge in [-0.05, 0) is 67.3 Å². The molecule has 214 valence electrons. The fourth-order valence-electron chi connectivity index (χ4n) is 4.52. The molecule has 1 aliphatic heterocycles. The zero-order valence-corrected chi connectivity index (χ0v) is 23.5. The molecule has 0 radical (unpaired) electrons. The van der Waals surface area contributed by atoms with Gasteiger partial charge in [-0.1, -0.05) is 6.07 Å². The summed E-state index contributed by atoms with van der Waals surface area (Å²) in [5.74, 6) is -0.309. The second-order valence-corrected chi connectivity index (χ2v) is 13.3. The summed E-state index contributed by atoms with van der Waals surface area (Å²) in [6, 6.07) is 13.8. The Morgan fingerprint density at radius 1 is 1.20 bits per heavy atom. The van der Waals surface area contributed by atoms with Gasteiger partial charge >= 0.3 is 12.0 Å². The lowest BCUT2D eigenvalue weighted by molar-refractivity contribution is -0.137. The lowest BCUT2D eigenvalue weighted by Crippen LogP contribution is -2.20. The van der Waals surface area contributed by atoms with E-state index in [-0.39, 0.29) is 29.5 Å². The Morgan fingerprint density at radius 3 is 2.73 bits per heavy atom. The minimum Gasteiger partial charge on any atom is -0.481 e. The number of ether oxygens (including phenoxy) is 1. The van der Waals surface area contributed by atoms with Gasteiger partial charge in [0.2, 0.25) is 0 Å². The van der Waals surface area contributed by atoms with E-state index in [1.807, 2.05) is 0 Å². The van der Waals surface area contributed by atoms with E-state index in [0.29, 0.717) is 38.7 Å². The molecule has 10 nitrogen and oxygen atoms in total. The summed E-state index contributed by atoms with van der Waals surface area (Å²) >= 11 is 1.21. The third-order valence-electron chi connectivity index (χ3n) is 6.46. The van der Waals surface area contributed by atoms with Crippen LogP contribution in [0.3, 0.4) is 0 Å². The molecule has 2 amide bonds. The number of aliphatic hydroxyl groups is 1. The number of nitrogens with zero attached hydrogens (tertiary/aromatic N) is 2. The van der Waals surface area contributed by atoms with Crippen molar-refractivity contribution >= 4 is 54.7 Å². The van der Waals surface area contributed by atoms with Crippen LogP contribution in [0.2, 0.25) is 0 Å². The maximum Gasteiger partial charge on any atom is 0.323 e. The van der Waals surface area contributed by atoms with E-state index in [2.05, 4.69) is 20.0 Å². The molecule has 4 aromatic rings. The molecule has 0 bridgehead atoms. The lowest BCUT2D eigenvalue weighted by Gasteiger charge is -2.10. The molecular formula is C28H27FN4O6S2. The number of aliphatic hydroxyl groups excluding tert-OH is 1. The van der Waals surface area contributed by atoms with Gasteiger partial charge in [-0.3, -0.25) is 9.78 Å². The number of hydrogen-bond acceptors (Lipinski definition) is 8. The number of fused-ring (bicyclic) bond motifs is 1. The molecule has 3 atom stereocenters. The Balaban J connectivity index is 1.26. The number of thiophene rings is 1. The van der Waals surface area contributed by atoms with Crippen LogP contribution in [0.15, 0.2) is 65.2 Å². The maximum absolute atomic E-state index is 13.9. The number of hydrogen-bond donors (Lipinski definition) is 4. The van der Waals surface area contributed by atoms with Gasteiger partial charge in [-0.2, -0.15) is 4.36 Å². The number of carbonyl (C=O) groups excluding carboxylic acids is 1. The van der Waals surface area contributed by atoms with E-state index in [1.165, 1.54) is 23.5 Å². The van der Waals surface area contributed by atoms with E-state index in [0.717, 1.165) is 5.56 Å². The number of aliphatic carboxylic acids is 1. The number of carboxylic acid groups (broad SMARTS) is 1. The molecule has 4 N–H and O–H groups in total. The molecule has 5 rings (SSSR count). The van der Waals surface area contributed by atoms with Crippen LogP contribution >= 0.6 is 11.3 Å². The van der Waals surface area contributed by atoms with Gasteiger partial charge in [-0.15, -0.1) is 11.3 Å². The molecule has 0 spiro atoms. The smallest absolute Gasteiger partial charge is 0.323 e. The second kappa shape index (κ2) is 11.8. The molecule has 0 aliphatic carbocycles. The SMILES string of the molecule is Cc1ccc(F)c(NC(=O)Nc2ccc(Oc3ccnc4cc(C(O)N=S5(=O)CCC(CC(=O)O)C5)sc34)cc2)c1. The topological polar surface area (TPSA) is 150 Å². The number of pyridine rings is 1. The van der Waals surface area contributed by atoms with E-state index in [9.17, 15) is 23.3 Å². The standard InChI is InChI=1S/C28H27FN4O6S2/c1-16-2-7-20(29)21(12-16)32-28(37)31-18-3-5-19(6-4-18)39-23-8-10-30-22-14-24(40-26(22)23)27(36)33-41(38)11-9-17(15-41)13-25(34)35/h2-8,10,12,14,17,27,36H,9,11,13,15H2,1H3,(H,34,35)(H2,31,32,37). The largest absolute Gasteiger partial charge is 0.481 e. The highest BCUT2D eigenvalue weighted by Gasteiger charge is 2.29. The van der Waals surface area contributed by atoms with Gasteiger partial charge in [0.15, 0.2) is 6.23 Å². The van der Waals surface area contributed by atoms with Crippen LogP contribution in [0.5, 0.6) is 11.5 Å². The summed E-state index contributed by atoms with van der Waals surface area (Å²) < 4.78 is 37.9. The van der Waals surface area contributed by atoms with E-state index in [1.54, 1.807) is 55.6 Å². The first-order valence-electron chi connectivity index (χ1n) is 12.7. The monoisotopic (exact) mass is 598 g/mol. The average Bonchev–Trinajstić information content (AvgIpc) is 3.51. The van der Waals surface area contributed by atoms with Crippen LogP contribution in [0, 0.1) is 18.7 Å². The number of urea groups is 1. The van der Waals surface area contributed by atoms with Gasteiger partial charge in [0.05, 0.1) is 20.8 Å². The van der Waals surface area contributed by atoms with E-state index >= 15 is 0 Å². The molecule has 1 saturated heterocycles. The quantitative estimate of drug-likeness (QED) is 0.190. The number of nitrogens with one attached hydrogen (secondary N) is 2. The summed E-state index contributed by atoms with van der Waals surface area (Å²) in [7, 11) is -2.71. The predicted molar refractivity (Wildman–Crippen MR) is 156 cm³/mol. The van der Waals surface area contributed by atoms with Gasteiger partial charge < -0.3 is 25.6 Å². The van der Waals surface area contributed by atoms with Crippen molar-refractivity contribution in [1.29, 1.82) is 0 Å². The summed E-state index contributed by atoms with van der Waals surface area (Å²) in [6.45, 7) is 1.80. The summed E-state index contributed by atoms with van der Waals surface area (Å²) in [5.41, 5.74) is 1.93. The molecular weight excluding hydrogens is 571 g/mol. The number of carbonyl (C=O) groups is 2. The van der Waals surface area contributed by atoms with Crippen molar-refractivity contribution in [3.63, 3.8) is 0 Å². The number of anilines is 2. The highest BCUT2D eigenvalue weighted by atomic mass is 32.2. The molecule has 3 unspecified atom stereocenters. The van der Waals surface area contributed by atoms with Gasteiger partial charge in [0.25, 0.3) is 0 Å². The molecule has 2 aromatic heterocycles. The van der Waals surface area contributed by atoms with Crippen LogP contribution in [0.1, 0.15) is 29.5 Å². The molecule has 1 aliphatic rings. The third kappa shape index (κ3) is 6.99. The number of aromatic nitrogens is 1. The minimum absolute atomic E-state index is 0.0618. The van der Waals surface area contributed by atoms with Crippen LogP contribution in [-0.4, -0.2) is 42.9 Å². The lowest BCUT2D eigenvalue weighted by atomic mass is 10.1. The number of carboxylic acids is 1. The van der Waals surface area contributed by atoms with Crippen molar-refractivity contribution in [1.82, 2.24) is 4.98 Å². The van der Waals surface area contributed by atoms with Crippen LogP contribution in [0.25, 0.3) is 10.2 Å². The zero-order chi connectivity index (χ0) is 29.1. The Labute approximate surface area is 239 Å². The van der Waals surface area contributed by atoms with Crippen molar-refractivity contribution in [2.45, 2.75) is 26.0 Å². The number of rotatable bonds is 8. The first kappa shape index (κ1) is 28.5. The normalized spacial score (nSPS) is 19.0. The summed E-state index contributed by atoms with van der Waals surface area (Å²) in [5, 5.41) is 24.9. The molecule has 41 heavy (non-hydrogen) atoms. The number of amides is 2. The van der Waals surface area contributed by atoms with Crippen molar-refractivity contribution in [3.8, 4) is 11.5 Å².